The van der Waals surface area contributed by atoms with Gasteiger partial charge in [0, 0.05) is 20.2 Å². The Balaban J connectivity index is 2.27. The highest BCUT2D eigenvalue weighted by Gasteiger charge is 2.25. The van der Waals surface area contributed by atoms with E-state index in [0.29, 0.717) is 12.5 Å². The molecule has 1 amide bonds. The third-order valence-corrected chi connectivity index (χ3v) is 3.97. The molecule has 0 heterocycles. The number of aliphatic hydroxyl groups is 1. The molecule has 1 fully saturated rings. The molecule has 4 nitrogen and oxygen atoms in total. The summed E-state index contributed by atoms with van der Waals surface area (Å²) in [6.45, 7) is 6.78. The zero-order chi connectivity index (χ0) is 15.2. The Morgan fingerprint density at radius 2 is 1.75 bits per heavy atom. The Kier molecular flexibility index (Phi) is 6.80. The molecule has 1 rings (SSSR count). The largest absolute Gasteiger partial charge is 0.444 e. The fourth-order valence-electron chi connectivity index (χ4n) is 2.88. The number of amides is 1. The molecule has 0 saturated heterocycles. The van der Waals surface area contributed by atoms with Gasteiger partial charge in [-0.15, -0.1) is 0 Å². The van der Waals surface area contributed by atoms with Crippen LogP contribution in [0.1, 0.15) is 59.3 Å². The van der Waals surface area contributed by atoms with Crippen LogP contribution in [0, 0.1) is 11.8 Å². The Labute approximate surface area is 123 Å². The number of hydrogen-bond donors (Lipinski definition) is 1. The second-order valence-electron chi connectivity index (χ2n) is 7.11. The molecule has 4 heteroatoms. The number of nitrogens with zero attached hydrogens (tertiary/aromatic N) is 1. The van der Waals surface area contributed by atoms with Gasteiger partial charge in [0.25, 0.3) is 0 Å². The zero-order valence-electron chi connectivity index (χ0n) is 13.5. The van der Waals surface area contributed by atoms with E-state index in [2.05, 4.69) is 0 Å². The van der Waals surface area contributed by atoms with E-state index in [0.717, 1.165) is 25.3 Å². The summed E-state index contributed by atoms with van der Waals surface area (Å²) in [5, 5.41) is 8.86. The average molecular weight is 285 g/mol. The molecule has 0 atom stereocenters. The van der Waals surface area contributed by atoms with E-state index >= 15 is 0 Å². The third kappa shape index (κ3) is 6.60. The zero-order valence-corrected chi connectivity index (χ0v) is 13.5. The minimum Gasteiger partial charge on any atom is -0.444 e. The van der Waals surface area contributed by atoms with E-state index in [4.69, 9.17) is 9.84 Å². The van der Waals surface area contributed by atoms with Crippen LogP contribution in [0.5, 0.6) is 0 Å². The predicted molar refractivity (Wildman–Crippen MR) is 80.6 cm³/mol. The summed E-state index contributed by atoms with van der Waals surface area (Å²) in [4.78, 5) is 13.6. The number of hydrogen-bond acceptors (Lipinski definition) is 3. The molecule has 0 aromatic carbocycles. The number of ether oxygens (including phenoxy) is 1. The fraction of sp³-hybridized carbons (Fsp3) is 0.938. The lowest BCUT2D eigenvalue weighted by Crippen LogP contribution is -2.37. The van der Waals surface area contributed by atoms with Crippen molar-refractivity contribution in [1.82, 2.24) is 4.90 Å². The molecule has 1 aliphatic carbocycles. The highest BCUT2D eigenvalue weighted by molar-refractivity contribution is 5.67. The summed E-state index contributed by atoms with van der Waals surface area (Å²) in [6.07, 6.45) is 6.67. The van der Waals surface area contributed by atoms with Gasteiger partial charge in [-0.2, -0.15) is 0 Å². The Morgan fingerprint density at radius 3 is 2.25 bits per heavy atom. The van der Waals surface area contributed by atoms with Gasteiger partial charge in [0.05, 0.1) is 0 Å². The fourth-order valence-corrected chi connectivity index (χ4v) is 2.88. The molecule has 0 radical (unpaired) electrons. The number of carbonyl (C=O) groups excluding carboxylic acids is 1. The van der Waals surface area contributed by atoms with Crippen molar-refractivity contribution < 1.29 is 14.6 Å². The van der Waals surface area contributed by atoms with Crippen molar-refractivity contribution in [2.75, 3.05) is 20.2 Å². The van der Waals surface area contributed by atoms with Gasteiger partial charge < -0.3 is 14.7 Å². The maximum Gasteiger partial charge on any atom is 0.410 e. The first-order valence-corrected chi connectivity index (χ1v) is 7.87. The van der Waals surface area contributed by atoms with Crippen molar-refractivity contribution >= 4 is 6.09 Å². The molecule has 1 N–H and O–H groups in total. The van der Waals surface area contributed by atoms with Crippen LogP contribution in [-0.4, -0.2) is 41.9 Å². The Bertz CT molecular complexity index is 291. The predicted octanol–water partition coefficient (Wildman–Crippen LogP) is 3.43. The molecule has 1 saturated carbocycles. The topological polar surface area (TPSA) is 49.8 Å². The van der Waals surface area contributed by atoms with E-state index in [1.807, 2.05) is 27.8 Å². The van der Waals surface area contributed by atoms with Crippen molar-refractivity contribution in [1.29, 1.82) is 0 Å². The first-order chi connectivity index (χ1) is 9.31. The number of rotatable bonds is 5. The van der Waals surface area contributed by atoms with E-state index in [1.165, 1.54) is 25.7 Å². The number of aliphatic hydroxyl groups excluding tert-OH is 1. The van der Waals surface area contributed by atoms with Crippen LogP contribution in [0.3, 0.4) is 0 Å². The Morgan fingerprint density at radius 1 is 1.20 bits per heavy atom. The van der Waals surface area contributed by atoms with Gasteiger partial charge in [-0.1, -0.05) is 12.8 Å². The smallest absolute Gasteiger partial charge is 0.410 e. The highest BCUT2D eigenvalue weighted by atomic mass is 16.6. The maximum absolute atomic E-state index is 11.9. The SMILES string of the molecule is CN(C[C@H]1CC[C@H](CCCO)CC1)C(=O)OC(C)(C)C. The first kappa shape index (κ1) is 17.3. The third-order valence-electron chi connectivity index (χ3n) is 3.97. The average Bonchev–Trinajstić information content (AvgIpc) is 2.36. The van der Waals surface area contributed by atoms with Crippen molar-refractivity contribution in [3.63, 3.8) is 0 Å². The van der Waals surface area contributed by atoms with Crippen LogP contribution < -0.4 is 0 Å². The summed E-state index contributed by atoms with van der Waals surface area (Å²) in [5.41, 5.74) is -0.423. The quantitative estimate of drug-likeness (QED) is 0.842. The van der Waals surface area contributed by atoms with Crippen LogP contribution in [0.25, 0.3) is 0 Å². The van der Waals surface area contributed by atoms with Gasteiger partial charge in [0.2, 0.25) is 0 Å². The minimum atomic E-state index is -0.423. The second kappa shape index (κ2) is 7.87. The van der Waals surface area contributed by atoms with Gasteiger partial charge >= 0.3 is 6.09 Å². The molecule has 1 aliphatic rings. The molecule has 0 aromatic rings. The van der Waals surface area contributed by atoms with E-state index in [1.54, 1.807) is 4.90 Å². The lowest BCUT2D eigenvalue weighted by molar-refractivity contribution is 0.0256. The molecule has 118 valence electrons. The van der Waals surface area contributed by atoms with E-state index < -0.39 is 5.60 Å². The highest BCUT2D eigenvalue weighted by Crippen LogP contribution is 2.31. The molecule has 20 heavy (non-hydrogen) atoms. The van der Waals surface area contributed by atoms with Crippen LogP contribution in [-0.2, 0) is 4.74 Å². The molecule has 0 unspecified atom stereocenters. The molecular weight excluding hydrogens is 254 g/mol. The second-order valence-corrected chi connectivity index (χ2v) is 7.11. The molecule has 0 aromatic heterocycles. The van der Waals surface area contributed by atoms with Crippen molar-refractivity contribution in [2.45, 2.75) is 64.9 Å². The van der Waals surface area contributed by atoms with Crippen molar-refractivity contribution in [3.05, 3.63) is 0 Å². The van der Waals surface area contributed by atoms with Crippen molar-refractivity contribution in [3.8, 4) is 0 Å². The van der Waals surface area contributed by atoms with Gasteiger partial charge in [0.15, 0.2) is 0 Å². The number of carbonyl (C=O) groups is 1. The monoisotopic (exact) mass is 285 g/mol. The molecule has 0 aliphatic heterocycles. The molecule has 0 spiro atoms. The van der Waals surface area contributed by atoms with Crippen LogP contribution in [0.4, 0.5) is 4.79 Å². The van der Waals surface area contributed by atoms with Crippen LogP contribution in [0.15, 0.2) is 0 Å². The lowest BCUT2D eigenvalue weighted by Gasteiger charge is -2.32. The molecule has 0 bridgehead atoms. The summed E-state index contributed by atoms with van der Waals surface area (Å²) in [6, 6.07) is 0. The maximum atomic E-state index is 11.9. The first-order valence-electron chi connectivity index (χ1n) is 7.87. The minimum absolute atomic E-state index is 0.222. The summed E-state index contributed by atoms with van der Waals surface area (Å²) in [5.74, 6) is 1.36. The Hall–Kier alpha value is -0.770. The summed E-state index contributed by atoms with van der Waals surface area (Å²) < 4.78 is 5.37. The van der Waals surface area contributed by atoms with Crippen LogP contribution in [0.2, 0.25) is 0 Å². The van der Waals surface area contributed by atoms with Gasteiger partial charge in [-0.05, 0) is 58.3 Å². The molecular formula is C16H31NO3. The van der Waals surface area contributed by atoms with E-state index in [9.17, 15) is 4.79 Å². The lowest BCUT2D eigenvalue weighted by atomic mass is 9.80. The van der Waals surface area contributed by atoms with Gasteiger partial charge in [-0.25, -0.2) is 4.79 Å². The van der Waals surface area contributed by atoms with Gasteiger partial charge in [0.1, 0.15) is 5.60 Å². The van der Waals surface area contributed by atoms with E-state index in [-0.39, 0.29) is 6.09 Å². The van der Waals surface area contributed by atoms with Gasteiger partial charge in [-0.3, -0.25) is 0 Å². The standard InChI is InChI=1S/C16H31NO3/c1-16(2,3)20-15(19)17(4)12-14-9-7-13(8-10-14)6-5-11-18/h13-14,18H,5-12H2,1-4H3/t13-,14-. The normalized spacial score (nSPS) is 23.4. The van der Waals surface area contributed by atoms with Crippen LogP contribution >= 0.6 is 0 Å². The summed E-state index contributed by atoms with van der Waals surface area (Å²) >= 11 is 0. The van der Waals surface area contributed by atoms with Crippen molar-refractivity contribution in [2.24, 2.45) is 11.8 Å². The summed E-state index contributed by atoms with van der Waals surface area (Å²) in [7, 11) is 1.83.